The number of benzene rings is 1. The highest BCUT2D eigenvalue weighted by Gasteiger charge is 2.32. The third kappa shape index (κ3) is 3.70. The molecule has 0 saturated carbocycles. The van der Waals surface area contributed by atoms with Crippen molar-refractivity contribution in [1.29, 1.82) is 0 Å². The molecule has 2 N–H and O–H groups in total. The lowest BCUT2D eigenvalue weighted by Crippen LogP contribution is -2.29. The van der Waals surface area contributed by atoms with Crippen molar-refractivity contribution in [1.82, 2.24) is 9.88 Å². The summed E-state index contributed by atoms with van der Waals surface area (Å²) < 4.78 is 0.394. The van der Waals surface area contributed by atoms with Crippen LogP contribution in [0.2, 0.25) is 0 Å². The zero-order valence-corrected chi connectivity index (χ0v) is 16.4. The molecule has 0 aliphatic carbocycles. The topological polar surface area (TPSA) is 73.7 Å². The van der Waals surface area contributed by atoms with Crippen LogP contribution in [-0.2, 0) is 6.42 Å². The van der Waals surface area contributed by atoms with Crippen molar-refractivity contribution in [2.24, 2.45) is 0 Å². The van der Waals surface area contributed by atoms with Gasteiger partial charge in [-0.15, -0.1) is 0 Å². The molecule has 2 aromatic rings. The smallest absolute Gasteiger partial charge is 0.263 e. The Balaban J connectivity index is 1.81. The van der Waals surface area contributed by atoms with Gasteiger partial charge in [0.2, 0.25) is 5.88 Å². The van der Waals surface area contributed by atoms with E-state index >= 15 is 0 Å². The standard InChI is InChI=1S/C20H23BrN2O3/c1-2-3-9-15-17(21)18(24)16(19(25)22-15)20(26)23-11-10-14(12-23)13-7-5-4-6-8-13/h4-8,14H,2-3,9-12H2,1H3,(H2,22,24,25). The fraction of sp³-hybridized carbons (Fsp3) is 0.400. The van der Waals surface area contributed by atoms with Crippen molar-refractivity contribution < 1.29 is 15.0 Å². The number of nitrogens with zero attached hydrogens (tertiary/aromatic N) is 2. The van der Waals surface area contributed by atoms with Gasteiger partial charge in [0, 0.05) is 19.0 Å². The summed E-state index contributed by atoms with van der Waals surface area (Å²) in [5, 5.41) is 20.7. The van der Waals surface area contributed by atoms with E-state index in [4.69, 9.17) is 0 Å². The summed E-state index contributed by atoms with van der Waals surface area (Å²) in [6.07, 6.45) is 3.36. The van der Waals surface area contributed by atoms with Crippen molar-refractivity contribution in [2.45, 2.75) is 38.5 Å². The average molecular weight is 419 g/mol. The summed E-state index contributed by atoms with van der Waals surface area (Å²) in [5.74, 6) is -0.736. The van der Waals surface area contributed by atoms with Crippen LogP contribution in [-0.4, -0.2) is 39.1 Å². The quantitative estimate of drug-likeness (QED) is 0.761. The first-order chi connectivity index (χ1) is 12.5. The lowest BCUT2D eigenvalue weighted by Gasteiger charge is -2.19. The molecule has 138 valence electrons. The molecule has 5 nitrogen and oxygen atoms in total. The normalized spacial score (nSPS) is 16.8. The number of hydrogen-bond acceptors (Lipinski definition) is 4. The van der Waals surface area contributed by atoms with E-state index in [2.05, 4.69) is 40.0 Å². The monoisotopic (exact) mass is 418 g/mol. The Morgan fingerprint density at radius 2 is 2.04 bits per heavy atom. The van der Waals surface area contributed by atoms with Crippen LogP contribution < -0.4 is 0 Å². The first-order valence-electron chi connectivity index (χ1n) is 8.97. The first-order valence-corrected chi connectivity index (χ1v) is 9.76. The Kier molecular flexibility index (Phi) is 5.81. The molecule has 1 saturated heterocycles. The summed E-state index contributed by atoms with van der Waals surface area (Å²) in [5.41, 5.74) is 1.65. The van der Waals surface area contributed by atoms with Crippen LogP contribution in [0.15, 0.2) is 34.8 Å². The maximum absolute atomic E-state index is 12.9. The Labute approximate surface area is 161 Å². The number of carbonyl (C=O) groups excluding carboxylic acids is 1. The lowest BCUT2D eigenvalue weighted by molar-refractivity contribution is 0.0783. The lowest BCUT2D eigenvalue weighted by atomic mass is 9.99. The predicted octanol–water partition coefficient (Wildman–Crippen LogP) is 4.23. The van der Waals surface area contributed by atoms with E-state index in [0.717, 1.165) is 19.3 Å². The van der Waals surface area contributed by atoms with Crippen molar-refractivity contribution in [3.63, 3.8) is 0 Å². The number of halogens is 1. The second-order valence-electron chi connectivity index (χ2n) is 6.67. The fourth-order valence-corrected chi connectivity index (χ4v) is 3.88. The van der Waals surface area contributed by atoms with Gasteiger partial charge in [0.1, 0.15) is 11.3 Å². The molecule has 1 atom stereocenters. The zero-order chi connectivity index (χ0) is 18.7. The number of hydrogen-bond donors (Lipinski definition) is 2. The number of pyridine rings is 1. The van der Waals surface area contributed by atoms with Crippen molar-refractivity contribution in [2.75, 3.05) is 13.1 Å². The summed E-state index contributed by atoms with van der Waals surface area (Å²) >= 11 is 3.33. The first kappa shape index (κ1) is 18.7. The van der Waals surface area contributed by atoms with Crippen LogP contribution in [0.4, 0.5) is 0 Å². The highest BCUT2D eigenvalue weighted by molar-refractivity contribution is 9.10. The van der Waals surface area contributed by atoms with E-state index in [9.17, 15) is 15.0 Å². The second-order valence-corrected chi connectivity index (χ2v) is 7.46. The number of amides is 1. The van der Waals surface area contributed by atoms with Gasteiger partial charge < -0.3 is 15.1 Å². The SMILES string of the molecule is CCCCc1nc(O)c(C(=O)N2CCC(c3ccccc3)C2)c(O)c1Br. The zero-order valence-electron chi connectivity index (χ0n) is 14.8. The third-order valence-electron chi connectivity index (χ3n) is 4.89. The largest absolute Gasteiger partial charge is 0.506 e. The van der Waals surface area contributed by atoms with Gasteiger partial charge >= 0.3 is 0 Å². The van der Waals surface area contributed by atoms with Gasteiger partial charge in [-0.3, -0.25) is 4.79 Å². The van der Waals surface area contributed by atoms with Crippen molar-refractivity contribution in [3.05, 3.63) is 51.6 Å². The van der Waals surface area contributed by atoms with Gasteiger partial charge in [-0.05, 0) is 40.8 Å². The Morgan fingerprint density at radius 1 is 1.31 bits per heavy atom. The Morgan fingerprint density at radius 3 is 2.73 bits per heavy atom. The number of likely N-dealkylation sites (tertiary alicyclic amines) is 1. The van der Waals surface area contributed by atoms with Crippen molar-refractivity contribution >= 4 is 21.8 Å². The predicted molar refractivity (Wildman–Crippen MR) is 104 cm³/mol. The van der Waals surface area contributed by atoms with Crippen LogP contribution in [0.25, 0.3) is 0 Å². The molecular weight excluding hydrogens is 396 g/mol. The molecular formula is C20H23BrN2O3. The molecule has 3 rings (SSSR count). The number of aryl methyl sites for hydroxylation is 1. The number of carbonyl (C=O) groups is 1. The molecule has 0 bridgehead atoms. The van der Waals surface area contributed by atoms with E-state index in [1.165, 1.54) is 5.56 Å². The van der Waals surface area contributed by atoms with Crippen LogP contribution in [0.3, 0.4) is 0 Å². The van der Waals surface area contributed by atoms with E-state index < -0.39 is 5.88 Å². The van der Waals surface area contributed by atoms with Gasteiger partial charge in [-0.2, -0.15) is 0 Å². The second kappa shape index (κ2) is 8.08. The molecule has 1 aliphatic heterocycles. The average Bonchev–Trinajstić information content (AvgIpc) is 3.14. The minimum atomic E-state index is -0.398. The third-order valence-corrected chi connectivity index (χ3v) is 5.72. The molecule has 2 heterocycles. The maximum Gasteiger partial charge on any atom is 0.263 e. The number of rotatable bonds is 5. The molecule has 1 aromatic carbocycles. The Hall–Kier alpha value is -2.08. The number of unbranched alkanes of at least 4 members (excludes halogenated alkanes) is 1. The molecule has 1 aliphatic rings. The summed E-state index contributed by atoms with van der Waals surface area (Å²) in [4.78, 5) is 18.7. The van der Waals surface area contributed by atoms with Gasteiger partial charge in [-0.25, -0.2) is 4.98 Å². The molecule has 1 unspecified atom stereocenters. The number of aromatic hydroxyl groups is 2. The molecule has 0 radical (unpaired) electrons. The summed E-state index contributed by atoms with van der Waals surface area (Å²) in [6.45, 7) is 3.21. The highest BCUT2D eigenvalue weighted by Crippen LogP contribution is 2.38. The molecule has 1 fully saturated rings. The van der Waals surface area contributed by atoms with Gasteiger partial charge in [0.25, 0.3) is 5.91 Å². The van der Waals surface area contributed by atoms with Crippen LogP contribution in [0.1, 0.15) is 53.7 Å². The fourth-order valence-electron chi connectivity index (χ4n) is 3.39. The molecule has 0 spiro atoms. The van der Waals surface area contributed by atoms with Gasteiger partial charge in [0.05, 0.1) is 10.2 Å². The number of aromatic nitrogens is 1. The molecule has 6 heteroatoms. The van der Waals surface area contributed by atoms with Crippen molar-refractivity contribution in [3.8, 4) is 11.6 Å². The molecule has 1 aromatic heterocycles. The summed E-state index contributed by atoms with van der Waals surface area (Å²) in [6, 6.07) is 10.1. The minimum Gasteiger partial charge on any atom is -0.506 e. The van der Waals surface area contributed by atoms with Crippen LogP contribution in [0, 0.1) is 0 Å². The minimum absolute atomic E-state index is 0.120. The molecule has 26 heavy (non-hydrogen) atoms. The van der Waals surface area contributed by atoms with Crippen LogP contribution >= 0.6 is 15.9 Å². The highest BCUT2D eigenvalue weighted by atomic mass is 79.9. The van der Waals surface area contributed by atoms with E-state index in [0.29, 0.717) is 29.7 Å². The van der Waals surface area contributed by atoms with E-state index in [-0.39, 0.29) is 23.1 Å². The van der Waals surface area contributed by atoms with Gasteiger partial charge in [0.15, 0.2) is 0 Å². The van der Waals surface area contributed by atoms with Crippen LogP contribution in [0.5, 0.6) is 11.6 Å². The molecule has 1 amide bonds. The van der Waals surface area contributed by atoms with E-state index in [1.54, 1.807) is 4.90 Å². The maximum atomic E-state index is 12.9. The summed E-state index contributed by atoms with van der Waals surface area (Å²) in [7, 11) is 0. The van der Waals surface area contributed by atoms with E-state index in [1.807, 2.05) is 18.2 Å². The van der Waals surface area contributed by atoms with Gasteiger partial charge in [-0.1, -0.05) is 43.7 Å². The Bertz CT molecular complexity index is 795.